The predicted octanol–water partition coefficient (Wildman–Crippen LogP) is 3.37. The second-order valence-corrected chi connectivity index (χ2v) is 6.59. The third-order valence-electron chi connectivity index (χ3n) is 4.19. The van der Waals surface area contributed by atoms with Crippen molar-refractivity contribution in [2.24, 2.45) is 0 Å². The minimum Gasteiger partial charge on any atom is -0.325 e. The monoisotopic (exact) mass is 353 g/mol. The molecule has 0 fully saturated rings. The van der Waals surface area contributed by atoms with E-state index in [1.807, 2.05) is 56.3 Å². The molecule has 5 nitrogen and oxygen atoms in total. The second kappa shape index (κ2) is 9.15. The predicted molar refractivity (Wildman–Crippen MR) is 106 cm³/mol. The van der Waals surface area contributed by atoms with Crippen LogP contribution in [-0.2, 0) is 16.0 Å². The Morgan fingerprint density at radius 2 is 1.50 bits per heavy atom. The van der Waals surface area contributed by atoms with Gasteiger partial charge in [-0.2, -0.15) is 0 Å². The number of anilines is 2. The number of para-hydroxylation sites is 1. The molecule has 0 atom stereocenters. The summed E-state index contributed by atoms with van der Waals surface area (Å²) in [5.74, 6) is -0.272. The van der Waals surface area contributed by atoms with Gasteiger partial charge in [0.2, 0.25) is 11.8 Å². The van der Waals surface area contributed by atoms with Gasteiger partial charge in [-0.15, -0.1) is 0 Å². The van der Waals surface area contributed by atoms with E-state index in [4.69, 9.17) is 0 Å². The molecule has 0 aliphatic rings. The fourth-order valence-electron chi connectivity index (χ4n) is 2.81. The van der Waals surface area contributed by atoms with Crippen molar-refractivity contribution in [2.45, 2.75) is 27.2 Å². The van der Waals surface area contributed by atoms with Crippen molar-refractivity contribution >= 4 is 23.2 Å². The molecule has 0 radical (unpaired) electrons. The summed E-state index contributed by atoms with van der Waals surface area (Å²) in [6.07, 6.45) is 0.919. The van der Waals surface area contributed by atoms with Crippen molar-refractivity contribution < 1.29 is 9.59 Å². The van der Waals surface area contributed by atoms with Gasteiger partial charge in [0.1, 0.15) is 0 Å². The summed E-state index contributed by atoms with van der Waals surface area (Å²) in [5, 5.41) is 5.81. The van der Waals surface area contributed by atoms with Crippen LogP contribution in [0.3, 0.4) is 0 Å². The van der Waals surface area contributed by atoms with Gasteiger partial charge in [-0.3, -0.25) is 14.5 Å². The highest BCUT2D eigenvalue weighted by atomic mass is 16.2. The third-order valence-corrected chi connectivity index (χ3v) is 4.19. The van der Waals surface area contributed by atoms with Gasteiger partial charge >= 0.3 is 0 Å². The highest BCUT2D eigenvalue weighted by Gasteiger charge is 2.13. The summed E-state index contributed by atoms with van der Waals surface area (Å²) in [4.78, 5) is 26.1. The van der Waals surface area contributed by atoms with Crippen LogP contribution in [0.1, 0.15) is 23.6 Å². The van der Waals surface area contributed by atoms with Crippen molar-refractivity contribution in [1.29, 1.82) is 0 Å². The zero-order valence-electron chi connectivity index (χ0n) is 15.9. The molecular formula is C21H27N3O2. The smallest absolute Gasteiger partial charge is 0.238 e. The zero-order valence-corrected chi connectivity index (χ0v) is 15.9. The fraction of sp³-hybridized carbons (Fsp3) is 0.333. The SMILES string of the molecule is CCc1cccc(NC(=O)CN(C)CC(=O)Nc2c(C)cccc2C)c1. The van der Waals surface area contributed by atoms with Gasteiger partial charge in [0.25, 0.3) is 0 Å². The highest BCUT2D eigenvalue weighted by Crippen LogP contribution is 2.19. The van der Waals surface area contributed by atoms with Crippen molar-refractivity contribution in [2.75, 3.05) is 30.8 Å². The standard InChI is InChI=1S/C21H27N3O2/c1-5-17-10-7-11-18(12-17)22-19(25)13-24(4)14-20(26)23-21-15(2)8-6-9-16(21)3/h6-12H,5,13-14H2,1-4H3,(H,22,25)(H,23,26). The van der Waals surface area contributed by atoms with Crippen LogP contribution in [0.2, 0.25) is 0 Å². The van der Waals surface area contributed by atoms with Gasteiger partial charge in [-0.05, 0) is 56.1 Å². The van der Waals surface area contributed by atoms with Gasteiger partial charge < -0.3 is 10.6 Å². The van der Waals surface area contributed by atoms with Crippen LogP contribution in [-0.4, -0.2) is 36.9 Å². The first-order chi connectivity index (χ1) is 12.4. The molecule has 0 aliphatic heterocycles. The maximum absolute atomic E-state index is 12.3. The third kappa shape index (κ3) is 5.70. The number of hydrogen-bond acceptors (Lipinski definition) is 3. The Hall–Kier alpha value is -2.66. The molecule has 2 aromatic carbocycles. The summed E-state index contributed by atoms with van der Waals surface area (Å²) < 4.78 is 0. The fourth-order valence-corrected chi connectivity index (χ4v) is 2.81. The lowest BCUT2D eigenvalue weighted by atomic mass is 10.1. The van der Waals surface area contributed by atoms with Crippen LogP contribution >= 0.6 is 0 Å². The molecule has 0 bridgehead atoms. The number of carbonyl (C=O) groups excluding carboxylic acids is 2. The summed E-state index contributed by atoms with van der Waals surface area (Å²) in [7, 11) is 1.76. The summed E-state index contributed by atoms with van der Waals surface area (Å²) >= 11 is 0. The van der Waals surface area contributed by atoms with Gasteiger partial charge in [0.15, 0.2) is 0 Å². The van der Waals surface area contributed by atoms with E-state index in [0.717, 1.165) is 28.9 Å². The highest BCUT2D eigenvalue weighted by molar-refractivity contribution is 5.95. The number of aryl methyl sites for hydroxylation is 3. The van der Waals surface area contributed by atoms with Crippen molar-refractivity contribution in [3.8, 4) is 0 Å². The number of rotatable bonds is 7. The summed E-state index contributed by atoms with van der Waals surface area (Å²) in [5.41, 5.74) is 4.84. The molecule has 2 aromatic rings. The first-order valence-electron chi connectivity index (χ1n) is 8.82. The van der Waals surface area contributed by atoms with Crippen LogP contribution in [0.25, 0.3) is 0 Å². The maximum Gasteiger partial charge on any atom is 0.238 e. The van der Waals surface area contributed by atoms with E-state index >= 15 is 0 Å². The number of benzene rings is 2. The molecule has 0 aromatic heterocycles. The first-order valence-corrected chi connectivity index (χ1v) is 8.82. The number of amides is 2. The van der Waals surface area contributed by atoms with Crippen LogP contribution < -0.4 is 10.6 Å². The Kier molecular flexibility index (Phi) is 6.92. The average Bonchev–Trinajstić information content (AvgIpc) is 2.58. The Labute approximate surface area is 155 Å². The van der Waals surface area contributed by atoms with E-state index < -0.39 is 0 Å². The minimum atomic E-state index is -0.138. The van der Waals surface area contributed by atoms with Gasteiger partial charge in [0, 0.05) is 11.4 Å². The largest absolute Gasteiger partial charge is 0.325 e. The molecule has 0 unspecified atom stereocenters. The minimum absolute atomic E-state index is 0.134. The normalized spacial score (nSPS) is 10.7. The van der Waals surface area contributed by atoms with E-state index in [2.05, 4.69) is 17.6 Å². The molecule has 0 heterocycles. The quantitative estimate of drug-likeness (QED) is 0.802. The lowest BCUT2D eigenvalue weighted by Crippen LogP contribution is -2.36. The van der Waals surface area contributed by atoms with E-state index in [1.165, 1.54) is 5.56 Å². The number of likely N-dealkylation sites (N-methyl/N-ethyl adjacent to an activating group) is 1. The van der Waals surface area contributed by atoms with Crippen molar-refractivity contribution in [1.82, 2.24) is 4.90 Å². The van der Waals surface area contributed by atoms with Crippen LogP contribution in [0, 0.1) is 13.8 Å². The topological polar surface area (TPSA) is 61.4 Å². The number of carbonyl (C=O) groups is 2. The molecule has 2 amide bonds. The Bertz CT molecular complexity index is 766. The first kappa shape index (κ1) is 19.7. The molecule has 0 saturated carbocycles. The molecule has 26 heavy (non-hydrogen) atoms. The van der Waals surface area contributed by atoms with E-state index in [-0.39, 0.29) is 24.9 Å². The summed E-state index contributed by atoms with van der Waals surface area (Å²) in [6.45, 7) is 6.30. The lowest BCUT2D eigenvalue weighted by Gasteiger charge is -2.17. The van der Waals surface area contributed by atoms with Gasteiger partial charge in [-0.1, -0.05) is 37.3 Å². The molecule has 2 N–H and O–H groups in total. The molecule has 5 heteroatoms. The van der Waals surface area contributed by atoms with E-state index in [1.54, 1.807) is 11.9 Å². The van der Waals surface area contributed by atoms with E-state index in [0.29, 0.717) is 0 Å². The van der Waals surface area contributed by atoms with Crippen LogP contribution in [0.4, 0.5) is 11.4 Å². The molecule has 0 saturated heterocycles. The molecule has 138 valence electrons. The molecular weight excluding hydrogens is 326 g/mol. The van der Waals surface area contributed by atoms with Crippen molar-refractivity contribution in [3.63, 3.8) is 0 Å². The van der Waals surface area contributed by atoms with Gasteiger partial charge in [0.05, 0.1) is 13.1 Å². The van der Waals surface area contributed by atoms with Crippen LogP contribution in [0.15, 0.2) is 42.5 Å². The Morgan fingerprint density at radius 1 is 0.923 bits per heavy atom. The lowest BCUT2D eigenvalue weighted by molar-refractivity contribution is -0.119. The number of nitrogens with one attached hydrogen (secondary N) is 2. The second-order valence-electron chi connectivity index (χ2n) is 6.59. The van der Waals surface area contributed by atoms with Crippen LogP contribution in [0.5, 0.6) is 0 Å². The van der Waals surface area contributed by atoms with E-state index in [9.17, 15) is 9.59 Å². The average molecular weight is 353 g/mol. The number of nitrogens with zero attached hydrogens (tertiary/aromatic N) is 1. The summed E-state index contributed by atoms with van der Waals surface area (Å²) in [6, 6.07) is 13.7. The van der Waals surface area contributed by atoms with Crippen molar-refractivity contribution in [3.05, 3.63) is 59.2 Å². The molecule has 0 spiro atoms. The zero-order chi connectivity index (χ0) is 19.1. The molecule has 0 aliphatic carbocycles. The Balaban J connectivity index is 1.86. The van der Waals surface area contributed by atoms with Gasteiger partial charge in [-0.25, -0.2) is 0 Å². The maximum atomic E-state index is 12.3. The molecule has 2 rings (SSSR count). The number of hydrogen-bond donors (Lipinski definition) is 2. The Morgan fingerprint density at radius 3 is 2.12 bits per heavy atom.